The van der Waals surface area contributed by atoms with Crippen molar-refractivity contribution in [3.05, 3.63) is 46.9 Å². The Bertz CT molecular complexity index is 1050. The first kappa shape index (κ1) is 20.4. The van der Waals surface area contributed by atoms with E-state index in [0.29, 0.717) is 22.8 Å². The molecule has 1 aliphatic carbocycles. The van der Waals surface area contributed by atoms with Crippen LogP contribution in [0.2, 0.25) is 0 Å². The summed E-state index contributed by atoms with van der Waals surface area (Å²) < 4.78 is 13.1. The van der Waals surface area contributed by atoms with Gasteiger partial charge in [0.05, 0.1) is 17.3 Å². The molecule has 7 nitrogen and oxygen atoms in total. The number of aryl methyl sites for hydroxylation is 1. The molecule has 1 amide bonds. The first-order chi connectivity index (χ1) is 14.1. The number of amides is 1. The van der Waals surface area contributed by atoms with Crippen molar-refractivity contribution in [1.82, 2.24) is 9.97 Å². The number of halogens is 1. The highest BCUT2D eigenvalue weighted by Crippen LogP contribution is 2.38. The van der Waals surface area contributed by atoms with Gasteiger partial charge in [-0.2, -0.15) is 0 Å². The third-order valence-electron chi connectivity index (χ3n) is 5.60. The zero-order chi connectivity index (χ0) is 21.8. The highest BCUT2D eigenvalue weighted by Gasteiger charge is 2.43. The normalized spacial score (nSPS) is 23.0. The molecule has 0 radical (unpaired) electrons. The van der Waals surface area contributed by atoms with Crippen molar-refractivity contribution in [3.8, 4) is 0 Å². The molecule has 1 fully saturated rings. The van der Waals surface area contributed by atoms with Crippen molar-refractivity contribution in [2.75, 3.05) is 17.3 Å². The molecule has 8 heteroatoms. The predicted molar refractivity (Wildman–Crippen MR) is 112 cm³/mol. The smallest absolute Gasteiger partial charge is 0.231 e. The molecule has 4 rings (SSSR count). The summed E-state index contributed by atoms with van der Waals surface area (Å²) >= 11 is 0. The van der Waals surface area contributed by atoms with E-state index < -0.39 is 23.9 Å². The number of aliphatic hydroxyl groups is 2. The van der Waals surface area contributed by atoms with Gasteiger partial charge >= 0.3 is 0 Å². The SMILES string of the molecule is Cc1cc(C(C)(C)O)ncc1C1=Cc2cnc(NC(=O)[C@H]3C[C@@H]3F)cc2N(C)C1O. The van der Waals surface area contributed by atoms with E-state index in [1.165, 1.54) is 0 Å². The lowest BCUT2D eigenvalue weighted by atomic mass is 9.93. The maximum Gasteiger partial charge on any atom is 0.231 e. The van der Waals surface area contributed by atoms with Gasteiger partial charge in [-0.25, -0.2) is 9.37 Å². The van der Waals surface area contributed by atoms with Crippen LogP contribution >= 0.6 is 0 Å². The first-order valence-corrected chi connectivity index (χ1v) is 9.83. The number of anilines is 2. The molecule has 3 atom stereocenters. The summed E-state index contributed by atoms with van der Waals surface area (Å²) in [5.41, 5.74) is 3.28. The topological polar surface area (TPSA) is 98.6 Å². The highest BCUT2D eigenvalue weighted by molar-refractivity contribution is 5.96. The molecule has 2 aromatic heterocycles. The molecule has 30 heavy (non-hydrogen) atoms. The fourth-order valence-corrected chi connectivity index (χ4v) is 3.59. The van der Waals surface area contributed by atoms with Crippen molar-refractivity contribution in [1.29, 1.82) is 0 Å². The van der Waals surface area contributed by atoms with E-state index in [2.05, 4.69) is 15.3 Å². The number of likely N-dealkylation sites (N-methyl/N-ethyl adjacent to an activating group) is 1. The molecule has 0 aromatic carbocycles. The van der Waals surface area contributed by atoms with Gasteiger partial charge in [-0.1, -0.05) is 0 Å². The van der Waals surface area contributed by atoms with Crippen LogP contribution in [0.4, 0.5) is 15.9 Å². The van der Waals surface area contributed by atoms with E-state index in [0.717, 1.165) is 16.7 Å². The van der Waals surface area contributed by atoms with Crippen LogP contribution < -0.4 is 10.2 Å². The molecule has 1 aliphatic heterocycles. The summed E-state index contributed by atoms with van der Waals surface area (Å²) in [4.78, 5) is 22.3. The fourth-order valence-electron chi connectivity index (χ4n) is 3.59. The van der Waals surface area contributed by atoms with Crippen molar-refractivity contribution < 1.29 is 19.4 Å². The van der Waals surface area contributed by atoms with Crippen LogP contribution in [-0.2, 0) is 10.4 Å². The monoisotopic (exact) mass is 412 g/mol. The van der Waals surface area contributed by atoms with E-state index in [1.54, 1.807) is 44.3 Å². The van der Waals surface area contributed by atoms with Crippen LogP contribution in [0.3, 0.4) is 0 Å². The average Bonchev–Trinajstić information content (AvgIpc) is 3.41. The molecule has 158 valence electrons. The second-order valence-electron chi connectivity index (χ2n) is 8.50. The number of carbonyl (C=O) groups is 1. The van der Waals surface area contributed by atoms with Crippen molar-refractivity contribution in [2.45, 2.75) is 45.2 Å². The average molecular weight is 412 g/mol. The molecule has 0 spiro atoms. The van der Waals surface area contributed by atoms with E-state index in [9.17, 15) is 19.4 Å². The van der Waals surface area contributed by atoms with Gasteiger partial charge in [0.25, 0.3) is 0 Å². The number of carbonyl (C=O) groups excluding carboxylic acids is 1. The quantitative estimate of drug-likeness (QED) is 0.714. The van der Waals surface area contributed by atoms with E-state index in [1.807, 2.05) is 19.1 Å². The largest absolute Gasteiger partial charge is 0.384 e. The summed E-state index contributed by atoms with van der Waals surface area (Å²) in [6, 6.07) is 3.48. The zero-order valence-corrected chi connectivity index (χ0v) is 17.3. The second kappa shape index (κ2) is 7.14. The number of hydrogen-bond acceptors (Lipinski definition) is 6. The van der Waals surface area contributed by atoms with Crippen molar-refractivity contribution in [3.63, 3.8) is 0 Å². The Morgan fingerprint density at radius 2 is 2.00 bits per heavy atom. The fraction of sp³-hybridized carbons (Fsp3) is 0.409. The molecule has 2 aromatic rings. The second-order valence-corrected chi connectivity index (χ2v) is 8.50. The summed E-state index contributed by atoms with van der Waals surface area (Å²) in [6.45, 7) is 5.25. The van der Waals surface area contributed by atoms with Crippen molar-refractivity contribution >= 4 is 29.1 Å². The van der Waals surface area contributed by atoms with Crippen LogP contribution in [0.25, 0.3) is 11.6 Å². The predicted octanol–water partition coefficient (Wildman–Crippen LogP) is 2.62. The summed E-state index contributed by atoms with van der Waals surface area (Å²) in [6.07, 6.45) is 3.35. The molecule has 1 unspecified atom stereocenters. The molecule has 3 heterocycles. The number of pyridine rings is 2. The standard InChI is InChI=1S/C22H25FN4O3/c1-11-5-18(22(2,3)30)24-10-15(11)13-6-12-9-25-19(8-17(12)27(4)21(13)29)26-20(28)14-7-16(14)23/h5-6,8-10,14,16,21,29-30H,7H2,1-4H3,(H,25,26,28)/t14-,16-,21?/m0/s1. The lowest BCUT2D eigenvalue weighted by Gasteiger charge is -2.33. The molecule has 2 aliphatic rings. The maximum atomic E-state index is 13.1. The van der Waals surface area contributed by atoms with Crippen LogP contribution in [0, 0.1) is 12.8 Å². The van der Waals surface area contributed by atoms with E-state index >= 15 is 0 Å². The molecule has 1 saturated carbocycles. The van der Waals surface area contributed by atoms with Gasteiger partial charge < -0.3 is 20.4 Å². The molecule has 0 saturated heterocycles. The Kier molecular flexibility index (Phi) is 4.86. The third kappa shape index (κ3) is 3.68. The van der Waals surface area contributed by atoms with Gasteiger partial charge in [0, 0.05) is 42.2 Å². The number of hydrogen-bond donors (Lipinski definition) is 3. The van der Waals surface area contributed by atoms with Crippen LogP contribution in [0.1, 0.15) is 42.7 Å². The third-order valence-corrected chi connectivity index (χ3v) is 5.60. The highest BCUT2D eigenvalue weighted by atomic mass is 19.1. The number of alkyl halides is 1. The number of fused-ring (bicyclic) bond motifs is 1. The zero-order valence-electron chi connectivity index (χ0n) is 17.3. The number of aliphatic hydroxyl groups excluding tert-OH is 1. The number of nitrogens with one attached hydrogen (secondary N) is 1. The summed E-state index contributed by atoms with van der Waals surface area (Å²) in [7, 11) is 1.74. The molecule has 0 bridgehead atoms. The van der Waals surface area contributed by atoms with Crippen LogP contribution in [-0.4, -0.2) is 45.5 Å². The van der Waals surface area contributed by atoms with Crippen molar-refractivity contribution in [2.24, 2.45) is 5.92 Å². The number of rotatable bonds is 4. The summed E-state index contributed by atoms with van der Waals surface area (Å²) in [5, 5.41) is 23.7. The lowest BCUT2D eigenvalue weighted by Crippen LogP contribution is -2.35. The van der Waals surface area contributed by atoms with Crippen LogP contribution in [0.15, 0.2) is 24.5 Å². The van der Waals surface area contributed by atoms with E-state index in [4.69, 9.17) is 0 Å². The lowest BCUT2D eigenvalue weighted by molar-refractivity contribution is -0.117. The van der Waals surface area contributed by atoms with Crippen LogP contribution in [0.5, 0.6) is 0 Å². The maximum absolute atomic E-state index is 13.1. The van der Waals surface area contributed by atoms with Gasteiger partial charge in [0.1, 0.15) is 17.6 Å². The molecular formula is C22H25FN4O3. The van der Waals surface area contributed by atoms with Gasteiger partial charge in [-0.15, -0.1) is 0 Å². The minimum atomic E-state index is -1.07. The van der Waals surface area contributed by atoms with Gasteiger partial charge in [-0.05, 0) is 44.9 Å². The minimum Gasteiger partial charge on any atom is -0.384 e. The number of aromatic nitrogens is 2. The Morgan fingerprint density at radius 3 is 2.60 bits per heavy atom. The Balaban J connectivity index is 1.66. The Labute approximate surface area is 174 Å². The molecule has 3 N–H and O–H groups in total. The van der Waals surface area contributed by atoms with Gasteiger partial charge in [0.2, 0.25) is 5.91 Å². The summed E-state index contributed by atoms with van der Waals surface area (Å²) in [5.74, 6) is -0.653. The Hall–Kier alpha value is -2.84. The minimum absolute atomic E-state index is 0.251. The number of nitrogens with zero attached hydrogens (tertiary/aromatic N) is 3. The van der Waals surface area contributed by atoms with Gasteiger partial charge in [0.15, 0.2) is 6.23 Å². The van der Waals surface area contributed by atoms with Gasteiger partial charge in [-0.3, -0.25) is 9.78 Å². The Morgan fingerprint density at radius 1 is 1.30 bits per heavy atom. The first-order valence-electron chi connectivity index (χ1n) is 9.83. The van der Waals surface area contributed by atoms with E-state index in [-0.39, 0.29) is 12.3 Å². The molecular weight excluding hydrogens is 387 g/mol.